The fourth-order valence-corrected chi connectivity index (χ4v) is 2.62. The summed E-state index contributed by atoms with van der Waals surface area (Å²) in [6.45, 7) is 4.61. The molecule has 2 aromatic rings. The van der Waals surface area contributed by atoms with Crippen molar-refractivity contribution in [2.24, 2.45) is 0 Å². The molecule has 0 fully saturated rings. The number of methoxy groups -OCH3 is 1. The lowest BCUT2D eigenvalue weighted by Crippen LogP contribution is -2.08. The molecule has 0 aliphatic carbocycles. The molecule has 0 saturated carbocycles. The third-order valence-electron chi connectivity index (χ3n) is 4.28. The maximum Gasteiger partial charge on any atom is 0.248 e. The lowest BCUT2D eigenvalue weighted by Gasteiger charge is -2.10. The van der Waals surface area contributed by atoms with Gasteiger partial charge < -0.3 is 14.8 Å². The molecule has 29 heavy (non-hydrogen) atoms. The normalized spacial score (nSPS) is 10.3. The number of hydrogen-bond donors (Lipinski definition) is 1. The van der Waals surface area contributed by atoms with Crippen LogP contribution in [0.4, 0.5) is 5.69 Å². The lowest BCUT2D eigenvalue weighted by atomic mass is 10.1. The quantitative estimate of drug-likeness (QED) is 0.343. The minimum Gasteiger partial charge on any atom is -0.493 e. The molecular formula is C25H29NO3. The van der Waals surface area contributed by atoms with Gasteiger partial charge in [-0.05, 0) is 48.7 Å². The molecule has 0 unspecified atom stereocenters. The van der Waals surface area contributed by atoms with Crippen LogP contribution in [0.3, 0.4) is 0 Å². The van der Waals surface area contributed by atoms with Crippen LogP contribution in [0.25, 0.3) is 6.08 Å². The molecule has 0 atom stereocenters. The number of aryl methyl sites for hydroxylation is 1. The zero-order valence-electron chi connectivity index (χ0n) is 17.5. The second-order valence-corrected chi connectivity index (χ2v) is 6.60. The number of carbonyl (C=O) groups excluding carboxylic acids is 1. The predicted octanol–water partition coefficient (Wildman–Crippen LogP) is 5.62. The average molecular weight is 392 g/mol. The number of ether oxygens (including phenoxy) is 2. The van der Waals surface area contributed by atoms with Crippen LogP contribution < -0.4 is 14.8 Å². The van der Waals surface area contributed by atoms with Gasteiger partial charge in [0.1, 0.15) is 0 Å². The number of rotatable bonds is 9. The van der Waals surface area contributed by atoms with E-state index in [4.69, 9.17) is 9.47 Å². The molecule has 1 amide bonds. The molecule has 0 bridgehead atoms. The third kappa shape index (κ3) is 7.75. The van der Waals surface area contributed by atoms with E-state index in [1.807, 2.05) is 49.4 Å². The second-order valence-electron chi connectivity index (χ2n) is 6.60. The summed E-state index contributed by atoms with van der Waals surface area (Å²) in [6.07, 6.45) is 7.16. The molecule has 0 spiro atoms. The van der Waals surface area contributed by atoms with Crippen LogP contribution in [0, 0.1) is 18.8 Å². The van der Waals surface area contributed by atoms with Gasteiger partial charge in [0, 0.05) is 24.6 Å². The Morgan fingerprint density at radius 3 is 2.66 bits per heavy atom. The van der Waals surface area contributed by atoms with E-state index in [1.165, 1.54) is 6.08 Å². The molecule has 2 aromatic carbocycles. The van der Waals surface area contributed by atoms with Gasteiger partial charge in [-0.1, -0.05) is 43.5 Å². The lowest BCUT2D eigenvalue weighted by molar-refractivity contribution is -0.111. The molecule has 0 aromatic heterocycles. The maximum absolute atomic E-state index is 12.2. The van der Waals surface area contributed by atoms with Crippen LogP contribution in [-0.4, -0.2) is 19.6 Å². The van der Waals surface area contributed by atoms with Crippen LogP contribution in [0.2, 0.25) is 0 Å². The number of nitrogens with one attached hydrogen (secondary N) is 1. The average Bonchev–Trinajstić information content (AvgIpc) is 2.73. The Balaban J connectivity index is 1.95. The van der Waals surface area contributed by atoms with Gasteiger partial charge in [-0.15, -0.1) is 5.92 Å². The molecule has 0 radical (unpaired) electrons. The number of anilines is 1. The first-order valence-electron chi connectivity index (χ1n) is 9.95. The van der Waals surface area contributed by atoms with E-state index in [1.54, 1.807) is 13.2 Å². The minimum absolute atomic E-state index is 0.181. The first-order valence-corrected chi connectivity index (χ1v) is 9.95. The Bertz CT molecular complexity index is 890. The van der Waals surface area contributed by atoms with Crippen molar-refractivity contribution in [3.63, 3.8) is 0 Å². The van der Waals surface area contributed by atoms with Crippen molar-refractivity contribution >= 4 is 17.7 Å². The van der Waals surface area contributed by atoms with Crippen molar-refractivity contribution < 1.29 is 14.3 Å². The Morgan fingerprint density at radius 2 is 1.90 bits per heavy atom. The van der Waals surface area contributed by atoms with E-state index >= 15 is 0 Å². The Morgan fingerprint density at radius 1 is 1.10 bits per heavy atom. The Kier molecular flexibility index (Phi) is 9.38. The van der Waals surface area contributed by atoms with E-state index in [2.05, 4.69) is 24.1 Å². The molecule has 0 saturated heterocycles. The summed E-state index contributed by atoms with van der Waals surface area (Å²) in [4.78, 5) is 12.2. The number of hydrogen-bond acceptors (Lipinski definition) is 3. The van der Waals surface area contributed by atoms with Crippen molar-refractivity contribution in [1.82, 2.24) is 0 Å². The van der Waals surface area contributed by atoms with E-state index in [0.717, 1.165) is 36.1 Å². The predicted molar refractivity (Wildman–Crippen MR) is 119 cm³/mol. The largest absolute Gasteiger partial charge is 0.493 e. The molecule has 1 N–H and O–H groups in total. The van der Waals surface area contributed by atoms with E-state index in [9.17, 15) is 4.79 Å². The minimum atomic E-state index is -0.181. The summed E-state index contributed by atoms with van der Waals surface area (Å²) >= 11 is 0. The first kappa shape index (κ1) is 22.1. The topological polar surface area (TPSA) is 47.6 Å². The highest BCUT2D eigenvalue weighted by Gasteiger charge is 2.05. The van der Waals surface area contributed by atoms with E-state index in [-0.39, 0.29) is 5.91 Å². The van der Waals surface area contributed by atoms with Gasteiger partial charge >= 0.3 is 0 Å². The van der Waals surface area contributed by atoms with Crippen LogP contribution in [0.5, 0.6) is 11.5 Å². The van der Waals surface area contributed by atoms with Crippen molar-refractivity contribution in [3.05, 3.63) is 59.7 Å². The highest BCUT2D eigenvalue weighted by atomic mass is 16.5. The molecule has 0 heterocycles. The van der Waals surface area contributed by atoms with Gasteiger partial charge in [0.15, 0.2) is 11.5 Å². The highest BCUT2D eigenvalue weighted by Crippen LogP contribution is 2.28. The number of amides is 1. The summed E-state index contributed by atoms with van der Waals surface area (Å²) in [5.74, 6) is 7.40. The molecule has 152 valence electrons. The number of carbonyl (C=O) groups is 1. The zero-order chi connectivity index (χ0) is 20.9. The monoisotopic (exact) mass is 391 g/mol. The highest BCUT2D eigenvalue weighted by molar-refractivity contribution is 6.02. The Hall–Kier alpha value is -3.19. The number of para-hydroxylation sites is 1. The van der Waals surface area contributed by atoms with Crippen LogP contribution in [0.1, 0.15) is 43.7 Å². The van der Waals surface area contributed by atoms with Crippen LogP contribution in [-0.2, 0) is 4.79 Å². The molecule has 4 nitrogen and oxygen atoms in total. The molecule has 0 aliphatic rings. The summed E-state index contributed by atoms with van der Waals surface area (Å²) in [5.41, 5.74) is 2.68. The maximum atomic E-state index is 12.2. The van der Waals surface area contributed by atoms with Gasteiger partial charge in [-0.3, -0.25) is 4.79 Å². The van der Waals surface area contributed by atoms with Gasteiger partial charge in [-0.2, -0.15) is 0 Å². The van der Waals surface area contributed by atoms with Crippen LogP contribution in [0.15, 0.2) is 48.5 Å². The van der Waals surface area contributed by atoms with Gasteiger partial charge in [-0.25, -0.2) is 0 Å². The number of benzene rings is 2. The first-order chi connectivity index (χ1) is 14.1. The fraction of sp³-hybridized carbons (Fsp3) is 0.320. The van der Waals surface area contributed by atoms with Crippen molar-refractivity contribution in [2.45, 2.75) is 39.5 Å². The van der Waals surface area contributed by atoms with E-state index < -0.39 is 0 Å². The third-order valence-corrected chi connectivity index (χ3v) is 4.28. The Labute approximate surface area is 173 Å². The molecule has 2 rings (SSSR count). The molecular weight excluding hydrogens is 362 g/mol. The van der Waals surface area contributed by atoms with Gasteiger partial charge in [0.2, 0.25) is 5.91 Å². The van der Waals surface area contributed by atoms with E-state index in [0.29, 0.717) is 24.5 Å². The van der Waals surface area contributed by atoms with Gasteiger partial charge in [0.05, 0.1) is 13.7 Å². The van der Waals surface area contributed by atoms with Gasteiger partial charge in [0.25, 0.3) is 0 Å². The zero-order valence-corrected chi connectivity index (χ0v) is 17.5. The second kappa shape index (κ2) is 12.3. The SMILES string of the molecule is CCCCC#CCCOc1cc(/C=C/C(=O)Nc2ccccc2C)ccc1OC. The standard InChI is InChI=1S/C25H29NO3/c1-4-5-6-7-8-11-18-29-24-19-21(14-16-23(24)28-3)15-17-25(27)26-22-13-10-9-12-20(22)2/h9-10,12-17,19H,4-6,11,18H2,1-3H3,(H,26,27)/b17-15+. The summed E-state index contributed by atoms with van der Waals surface area (Å²) in [5, 5.41) is 2.88. The van der Waals surface area contributed by atoms with Crippen molar-refractivity contribution in [3.8, 4) is 23.3 Å². The smallest absolute Gasteiger partial charge is 0.248 e. The summed E-state index contributed by atoms with van der Waals surface area (Å²) < 4.78 is 11.2. The van der Waals surface area contributed by atoms with Crippen LogP contribution >= 0.6 is 0 Å². The number of unbranched alkanes of at least 4 members (excludes halogenated alkanes) is 2. The summed E-state index contributed by atoms with van der Waals surface area (Å²) in [6, 6.07) is 13.3. The molecule has 0 aliphatic heterocycles. The molecule has 4 heteroatoms. The van der Waals surface area contributed by atoms with Crippen molar-refractivity contribution in [2.75, 3.05) is 19.0 Å². The summed E-state index contributed by atoms with van der Waals surface area (Å²) in [7, 11) is 1.61. The van der Waals surface area contributed by atoms with Crippen molar-refractivity contribution in [1.29, 1.82) is 0 Å². The fourth-order valence-electron chi connectivity index (χ4n) is 2.62.